The summed E-state index contributed by atoms with van der Waals surface area (Å²) in [6, 6.07) is 5.36. The van der Waals surface area contributed by atoms with Gasteiger partial charge in [0.2, 0.25) is 0 Å². The number of carbonyl (C=O) groups is 2. The van der Waals surface area contributed by atoms with Crippen molar-refractivity contribution < 1.29 is 23.8 Å². The van der Waals surface area contributed by atoms with E-state index in [1.54, 1.807) is 30.1 Å². The zero-order valence-electron chi connectivity index (χ0n) is 13.5. The van der Waals surface area contributed by atoms with Gasteiger partial charge in [-0.2, -0.15) is 15.0 Å². The molecule has 0 amide bonds. The van der Waals surface area contributed by atoms with Gasteiger partial charge in [-0.25, -0.2) is 9.59 Å². The summed E-state index contributed by atoms with van der Waals surface area (Å²) in [5.41, 5.74) is 1.99. The van der Waals surface area contributed by atoms with Gasteiger partial charge in [-0.15, -0.1) is 0 Å². The number of carbonyl (C=O) groups excluding carboxylic acids is 2. The Morgan fingerprint density at radius 1 is 1.17 bits per heavy atom. The molecule has 2 heterocycles. The first-order chi connectivity index (χ1) is 11.6. The maximum absolute atomic E-state index is 12.3. The van der Waals surface area contributed by atoms with Gasteiger partial charge in [-0.3, -0.25) is 0 Å². The molecule has 1 aromatic carbocycles. The van der Waals surface area contributed by atoms with E-state index in [2.05, 4.69) is 10.2 Å². The molecule has 0 radical (unpaired) electrons. The predicted octanol–water partition coefficient (Wildman–Crippen LogP) is 0.362. The van der Waals surface area contributed by atoms with Crippen molar-refractivity contribution in [2.75, 3.05) is 32.5 Å². The van der Waals surface area contributed by atoms with Crippen molar-refractivity contribution in [3.63, 3.8) is 0 Å². The van der Waals surface area contributed by atoms with Gasteiger partial charge in [0, 0.05) is 7.05 Å². The molecule has 0 atom stereocenters. The molecule has 3 rings (SSSR count). The predicted molar refractivity (Wildman–Crippen MR) is 82.9 cm³/mol. The van der Waals surface area contributed by atoms with E-state index in [9.17, 15) is 9.59 Å². The van der Waals surface area contributed by atoms with Crippen LogP contribution in [-0.2, 0) is 30.8 Å². The van der Waals surface area contributed by atoms with Gasteiger partial charge in [0.25, 0.3) is 0 Å². The molecule has 0 spiro atoms. The first-order valence-corrected chi connectivity index (χ1v) is 7.12. The number of hydrogen-bond acceptors (Lipinski definition) is 8. The SMILES string of the molecule is COC(=O)C1=C(C(=O)OC)N(c2cccc3nn(C)nc23)COC1. The maximum Gasteiger partial charge on any atom is 0.355 e. The van der Waals surface area contributed by atoms with Crippen LogP contribution in [0.15, 0.2) is 29.5 Å². The van der Waals surface area contributed by atoms with E-state index in [-0.39, 0.29) is 24.6 Å². The van der Waals surface area contributed by atoms with Gasteiger partial charge in [0.15, 0.2) is 0 Å². The molecule has 1 aliphatic rings. The van der Waals surface area contributed by atoms with Crippen molar-refractivity contribution in [3.05, 3.63) is 29.5 Å². The molecule has 1 aliphatic heterocycles. The molecule has 0 unspecified atom stereocenters. The van der Waals surface area contributed by atoms with Crippen molar-refractivity contribution in [3.8, 4) is 0 Å². The van der Waals surface area contributed by atoms with Gasteiger partial charge in [0.05, 0.1) is 32.1 Å². The van der Waals surface area contributed by atoms with Crippen LogP contribution in [0.5, 0.6) is 0 Å². The van der Waals surface area contributed by atoms with Crippen LogP contribution in [0.25, 0.3) is 11.0 Å². The number of aromatic nitrogens is 3. The first kappa shape index (κ1) is 15.9. The van der Waals surface area contributed by atoms with Gasteiger partial charge < -0.3 is 19.1 Å². The van der Waals surface area contributed by atoms with Gasteiger partial charge in [-0.05, 0) is 12.1 Å². The van der Waals surface area contributed by atoms with Gasteiger partial charge in [-0.1, -0.05) is 6.07 Å². The molecule has 1 aromatic heterocycles. The Kier molecular flexibility index (Phi) is 4.17. The summed E-state index contributed by atoms with van der Waals surface area (Å²) >= 11 is 0. The minimum absolute atomic E-state index is 0.0376. The van der Waals surface area contributed by atoms with Crippen LogP contribution in [0.2, 0.25) is 0 Å². The fraction of sp³-hybridized carbons (Fsp3) is 0.333. The molecular formula is C15H16N4O5. The Morgan fingerprint density at radius 2 is 1.92 bits per heavy atom. The van der Waals surface area contributed by atoms with Crippen LogP contribution in [0.1, 0.15) is 0 Å². The van der Waals surface area contributed by atoms with Crippen molar-refractivity contribution in [2.24, 2.45) is 7.05 Å². The second-order valence-electron chi connectivity index (χ2n) is 5.05. The van der Waals surface area contributed by atoms with E-state index in [1.807, 2.05) is 0 Å². The lowest BCUT2D eigenvalue weighted by Gasteiger charge is -2.31. The molecular weight excluding hydrogens is 316 g/mol. The Morgan fingerprint density at radius 3 is 2.62 bits per heavy atom. The highest BCUT2D eigenvalue weighted by molar-refractivity contribution is 6.05. The molecule has 126 valence electrons. The first-order valence-electron chi connectivity index (χ1n) is 7.12. The standard InChI is InChI=1S/C15H16N4O5/c1-18-16-10-5-4-6-11(12(10)17-18)19-8-24-7-9(14(20)22-2)13(19)15(21)23-3/h4-6H,7-8H2,1-3H3. The third-order valence-electron chi connectivity index (χ3n) is 3.61. The van der Waals surface area contributed by atoms with E-state index in [0.29, 0.717) is 16.7 Å². The smallest absolute Gasteiger partial charge is 0.355 e. The van der Waals surface area contributed by atoms with Gasteiger partial charge in [0.1, 0.15) is 23.5 Å². The minimum Gasteiger partial charge on any atom is -0.466 e. The van der Waals surface area contributed by atoms with Gasteiger partial charge >= 0.3 is 11.9 Å². The van der Waals surface area contributed by atoms with Crippen LogP contribution in [0.3, 0.4) is 0 Å². The fourth-order valence-electron chi connectivity index (χ4n) is 2.58. The number of benzene rings is 1. The van der Waals surface area contributed by atoms with E-state index in [1.165, 1.54) is 19.0 Å². The molecule has 0 N–H and O–H groups in total. The summed E-state index contributed by atoms with van der Waals surface area (Å²) in [6.45, 7) is 0.0324. The molecule has 24 heavy (non-hydrogen) atoms. The number of fused-ring (bicyclic) bond motifs is 1. The van der Waals surface area contributed by atoms with Crippen molar-refractivity contribution in [2.45, 2.75) is 0 Å². The quantitative estimate of drug-likeness (QED) is 0.744. The third-order valence-corrected chi connectivity index (χ3v) is 3.61. The van der Waals surface area contributed by atoms with E-state index in [0.717, 1.165) is 0 Å². The normalized spacial score (nSPS) is 14.9. The average molecular weight is 332 g/mol. The van der Waals surface area contributed by atoms with Crippen molar-refractivity contribution in [1.29, 1.82) is 0 Å². The molecule has 2 aromatic rings. The number of methoxy groups -OCH3 is 2. The molecule has 0 saturated heterocycles. The van der Waals surface area contributed by atoms with Crippen molar-refractivity contribution >= 4 is 28.7 Å². The van der Waals surface area contributed by atoms with E-state index >= 15 is 0 Å². The number of ether oxygens (including phenoxy) is 3. The number of hydrogen-bond donors (Lipinski definition) is 0. The van der Waals surface area contributed by atoms with E-state index < -0.39 is 11.9 Å². The topological polar surface area (TPSA) is 95.8 Å². The molecule has 0 fully saturated rings. The molecule has 0 bridgehead atoms. The van der Waals surface area contributed by atoms with Crippen LogP contribution in [-0.4, -0.2) is 54.5 Å². The molecule has 0 aliphatic carbocycles. The summed E-state index contributed by atoms with van der Waals surface area (Å²) < 4.78 is 15.0. The monoisotopic (exact) mass is 332 g/mol. The van der Waals surface area contributed by atoms with Crippen LogP contribution in [0.4, 0.5) is 5.69 Å². The highest BCUT2D eigenvalue weighted by atomic mass is 16.5. The fourth-order valence-corrected chi connectivity index (χ4v) is 2.58. The summed E-state index contributed by atoms with van der Waals surface area (Å²) in [4.78, 5) is 27.3. The van der Waals surface area contributed by atoms with Crippen LogP contribution >= 0.6 is 0 Å². The summed E-state index contributed by atoms with van der Waals surface area (Å²) in [5.74, 6) is -1.30. The lowest BCUT2D eigenvalue weighted by molar-refractivity contribution is -0.140. The highest BCUT2D eigenvalue weighted by Crippen LogP contribution is 2.31. The number of anilines is 1. The van der Waals surface area contributed by atoms with E-state index in [4.69, 9.17) is 14.2 Å². The lowest BCUT2D eigenvalue weighted by Crippen LogP contribution is -2.38. The summed E-state index contributed by atoms with van der Waals surface area (Å²) in [7, 11) is 4.20. The largest absolute Gasteiger partial charge is 0.466 e. The number of esters is 2. The number of rotatable bonds is 3. The summed E-state index contributed by atoms with van der Waals surface area (Å²) in [6.07, 6.45) is 0. The number of aryl methyl sites for hydroxylation is 1. The Labute approximate surface area is 137 Å². The highest BCUT2D eigenvalue weighted by Gasteiger charge is 2.33. The molecule has 0 saturated carbocycles. The molecule has 9 nitrogen and oxygen atoms in total. The second-order valence-corrected chi connectivity index (χ2v) is 5.05. The average Bonchev–Trinajstić information content (AvgIpc) is 2.99. The van der Waals surface area contributed by atoms with Crippen LogP contribution in [0, 0.1) is 0 Å². The lowest BCUT2D eigenvalue weighted by atomic mass is 10.1. The Bertz CT molecular complexity index is 842. The van der Waals surface area contributed by atoms with Crippen LogP contribution < -0.4 is 4.90 Å². The second kappa shape index (κ2) is 6.28. The zero-order valence-corrected chi connectivity index (χ0v) is 13.5. The Hall–Kier alpha value is -2.94. The maximum atomic E-state index is 12.3. The van der Waals surface area contributed by atoms with Crippen molar-refractivity contribution in [1.82, 2.24) is 15.0 Å². The Balaban J connectivity index is 2.20. The minimum atomic E-state index is -0.653. The third kappa shape index (κ3) is 2.58. The summed E-state index contributed by atoms with van der Waals surface area (Å²) in [5, 5.41) is 8.56. The zero-order chi connectivity index (χ0) is 17.3. The number of nitrogens with zero attached hydrogens (tertiary/aromatic N) is 4. The molecule has 9 heteroatoms.